The van der Waals surface area contributed by atoms with Crippen LogP contribution in [0.3, 0.4) is 0 Å². The number of aromatic hydroxyl groups is 1. The van der Waals surface area contributed by atoms with Gasteiger partial charge in [0.2, 0.25) is 0 Å². The zero-order chi connectivity index (χ0) is 23.0. The molecule has 1 aliphatic heterocycles. The van der Waals surface area contributed by atoms with Crippen LogP contribution >= 0.6 is 7.52 Å². The van der Waals surface area contributed by atoms with E-state index in [9.17, 15) is 29.7 Å². The molecule has 1 heterocycles. The first kappa shape index (κ1) is 25.9. The van der Waals surface area contributed by atoms with Gasteiger partial charge in [-0.25, -0.2) is 0 Å². The Morgan fingerprint density at radius 1 is 0.968 bits per heavy atom. The van der Waals surface area contributed by atoms with E-state index in [2.05, 4.69) is 19.6 Å². The van der Waals surface area contributed by atoms with Gasteiger partial charge in [0.25, 0.3) is 0 Å². The SMILES string of the molecule is C[C@H](O)CN1CCN(Cc2cc(CP(=O)(O)N=O)ccc2O)CCN(C[C@H](C)O)CC1. The molecule has 31 heavy (non-hydrogen) atoms. The van der Waals surface area contributed by atoms with Crippen molar-refractivity contribution in [3.63, 3.8) is 0 Å². The molecule has 1 aromatic carbocycles. The predicted molar refractivity (Wildman–Crippen MR) is 119 cm³/mol. The molecule has 0 radical (unpaired) electrons. The Bertz CT molecular complexity index is 741. The molecule has 3 atom stereocenters. The topological polar surface area (TPSA) is 137 Å². The number of phenols is 1. The first-order valence-corrected chi connectivity index (χ1v) is 12.4. The predicted octanol–water partition coefficient (Wildman–Crippen LogP) is 1.03. The maximum Gasteiger partial charge on any atom is 0.354 e. The molecule has 176 valence electrons. The third kappa shape index (κ3) is 9.33. The zero-order valence-electron chi connectivity index (χ0n) is 18.3. The molecule has 0 bridgehead atoms. The average Bonchev–Trinajstić information content (AvgIpc) is 2.76. The van der Waals surface area contributed by atoms with Crippen LogP contribution in [0.1, 0.15) is 25.0 Å². The maximum atomic E-state index is 11.7. The van der Waals surface area contributed by atoms with Crippen LogP contribution in [0.4, 0.5) is 0 Å². The van der Waals surface area contributed by atoms with Gasteiger partial charge in [0.1, 0.15) is 5.75 Å². The summed E-state index contributed by atoms with van der Waals surface area (Å²) in [6.45, 7) is 9.56. The molecule has 1 fully saturated rings. The molecule has 11 heteroatoms. The lowest BCUT2D eigenvalue weighted by molar-refractivity contribution is 0.102. The maximum absolute atomic E-state index is 11.7. The van der Waals surface area contributed by atoms with Crippen molar-refractivity contribution in [2.45, 2.75) is 38.8 Å². The van der Waals surface area contributed by atoms with Crippen molar-refractivity contribution in [2.75, 3.05) is 52.4 Å². The molecule has 4 N–H and O–H groups in total. The first-order valence-electron chi connectivity index (χ1n) is 10.6. The van der Waals surface area contributed by atoms with Crippen LogP contribution in [0.25, 0.3) is 0 Å². The summed E-state index contributed by atoms with van der Waals surface area (Å²) < 4.78 is 11.7. The number of β-amino-alcohol motifs (C(OH)–C–C–N with tert-alkyl or cyclic N) is 2. The number of aliphatic hydroxyl groups is 2. The minimum atomic E-state index is -4.12. The highest BCUT2D eigenvalue weighted by Gasteiger charge is 2.22. The highest BCUT2D eigenvalue weighted by molar-refractivity contribution is 7.55. The van der Waals surface area contributed by atoms with Crippen LogP contribution in [0.2, 0.25) is 0 Å². The standard InChI is InChI=1S/C20H35N4O6P/c1-16(25)12-22-5-6-23(13-17(2)26)8-10-24(9-7-22)14-19-11-18(3-4-20(19)27)15-31(29,30)21-28/h3-4,11,16-17,25-27H,5-10,12-15H2,1-2H3,(H,29,30)/t16-,17-/m0/s1. The van der Waals surface area contributed by atoms with Crippen molar-refractivity contribution in [2.24, 2.45) is 4.95 Å². The molecule has 1 unspecified atom stereocenters. The van der Waals surface area contributed by atoms with Crippen molar-refractivity contribution in [3.05, 3.63) is 34.2 Å². The minimum Gasteiger partial charge on any atom is -0.508 e. The molecule has 0 spiro atoms. The summed E-state index contributed by atoms with van der Waals surface area (Å²) in [4.78, 5) is 28.9. The number of nitroso groups, excluding NO2 is 1. The summed E-state index contributed by atoms with van der Waals surface area (Å²) in [6.07, 6.45) is -1.25. The van der Waals surface area contributed by atoms with Gasteiger partial charge in [0.05, 0.1) is 18.4 Å². The van der Waals surface area contributed by atoms with Crippen LogP contribution in [-0.2, 0) is 17.3 Å². The largest absolute Gasteiger partial charge is 0.508 e. The highest BCUT2D eigenvalue weighted by Crippen LogP contribution is 2.45. The van der Waals surface area contributed by atoms with E-state index < -0.39 is 19.7 Å². The smallest absolute Gasteiger partial charge is 0.354 e. The number of hydrogen-bond donors (Lipinski definition) is 4. The molecule has 2 rings (SSSR count). The van der Waals surface area contributed by atoms with E-state index >= 15 is 0 Å². The van der Waals surface area contributed by atoms with Crippen LogP contribution in [-0.4, -0.2) is 99.5 Å². The Labute approximate surface area is 183 Å². The number of rotatable bonds is 9. The van der Waals surface area contributed by atoms with E-state index in [1.807, 2.05) is 0 Å². The average molecular weight is 458 g/mol. The van der Waals surface area contributed by atoms with Crippen LogP contribution in [0.15, 0.2) is 23.1 Å². The molecule has 0 aliphatic carbocycles. The van der Waals surface area contributed by atoms with Gasteiger partial charge in [0.15, 0.2) is 0 Å². The van der Waals surface area contributed by atoms with Crippen LogP contribution in [0, 0.1) is 4.91 Å². The number of hydrogen-bond acceptors (Lipinski definition) is 8. The lowest BCUT2D eigenvalue weighted by Gasteiger charge is -2.27. The van der Waals surface area contributed by atoms with Crippen LogP contribution < -0.4 is 0 Å². The molecule has 0 amide bonds. The second-order valence-corrected chi connectivity index (χ2v) is 10.3. The summed E-state index contributed by atoms with van der Waals surface area (Å²) in [6, 6.07) is 4.61. The van der Waals surface area contributed by atoms with E-state index in [0.29, 0.717) is 43.9 Å². The van der Waals surface area contributed by atoms with Gasteiger partial charge in [-0.15, -0.1) is 4.91 Å². The fraction of sp³-hybridized carbons (Fsp3) is 0.700. The molecule has 1 saturated heterocycles. The van der Waals surface area contributed by atoms with Gasteiger partial charge >= 0.3 is 7.52 Å². The van der Waals surface area contributed by atoms with E-state index in [-0.39, 0.29) is 11.9 Å². The molecule has 1 aromatic rings. The normalized spacial score (nSPS) is 21.5. The van der Waals surface area contributed by atoms with Gasteiger partial charge in [-0.1, -0.05) is 12.1 Å². The summed E-state index contributed by atoms with van der Waals surface area (Å²) in [5, 5.41) is 29.9. The van der Waals surface area contributed by atoms with E-state index in [4.69, 9.17) is 0 Å². The Balaban J connectivity index is 2.15. The Morgan fingerprint density at radius 3 is 1.90 bits per heavy atom. The summed E-state index contributed by atoms with van der Waals surface area (Å²) >= 11 is 0. The highest BCUT2D eigenvalue weighted by atomic mass is 31.2. The van der Waals surface area contributed by atoms with Gasteiger partial charge < -0.3 is 20.2 Å². The third-order valence-electron chi connectivity index (χ3n) is 5.30. The van der Waals surface area contributed by atoms with Crippen LogP contribution in [0.5, 0.6) is 5.75 Å². The molecule has 0 saturated carbocycles. The van der Waals surface area contributed by atoms with E-state index in [1.165, 1.54) is 12.1 Å². The fourth-order valence-corrected chi connectivity index (χ4v) is 4.56. The summed E-state index contributed by atoms with van der Waals surface area (Å²) in [5.41, 5.74) is 1.07. The number of phenolic OH excluding ortho intramolecular Hbond substituents is 1. The number of aliphatic hydroxyl groups excluding tert-OH is 2. The Morgan fingerprint density at radius 2 is 1.45 bits per heavy atom. The Kier molecular flexibility index (Phi) is 10.0. The van der Waals surface area contributed by atoms with Gasteiger partial charge in [-0.05, 0) is 25.5 Å². The monoisotopic (exact) mass is 458 g/mol. The molecule has 10 nitrogen and oxygen atoms in total. The lowest BCUT2D eigenvalue weighted by Crippen LogP contribution is -2.41. The first-order chi connectivity index (χ1) is 14.6. The van der Waals surface area contributed by atoms with E-state index in [0.717, 1.165) is 26.2 Å². The van der Waals surface area contributed by atoms with Crippen molar-refractivity contribution < 1.29 is 24.8 Å². The lowest BCUT2D eigenvalue weighted by atomic mass is 10.1. The minimum absolute atomic E-state index is 0.0807. The zero-order valence-corrected chi connectivity index (χ0v) is 19.2. The van der Waals surface area contributed by atoms with E-state index in [1.54, 1.807) is 19.9 Å². The summed E-state index contributed by atoms with van der Waals surface area (Å²) in [7, 11) is -4.12. The molecule has 1 aliphatic rings. The molecule has 0 aromatic heterocycles. The van der Waals surface area contributed by atoms with Crippen molar-refractivity contribution >= 4 is 7.52 Å². The second-order valence-electron chi connectivity index (χ2n) is 8.44. The second kappa shape index (κ2) is 12.0. The Hall–Kier alpha value is -1.39. The van der Waals surface area contributed by atoms with Gasteiger partial charge in [-0.3, -0.25) is 19.3 Å². The van der Waals surface area contributed by atoms with Crippen molar-refractivity contribution in [1.29, 1.82) is 0 Å². The number of nitrogens with zero attached hydrogens (tertiary/aromatic N) is 4. The summed E-state index contributed by atoms with van der Waals surface area (Å²) in [5.74, 6) is 0.0807. The van der Waals surface area contributed by atoms with Crippen molar-refractivity contribution in [3.8, 4) is 5.75 Å². The fourth-order valence-electron chi connectivity index (χ4n) is 3.83. The quantitative estimate of drug-likeness (QED) is 0.316. The van der Waals surface area contributed by atoms with Gasteiger partial charge in [0, 0.05) is 69.4 Å². The number of benzene rings is 1. The third-order valence-corrected chi connectivity index (χ3v) is 6.33. The molecular formula is C20H35N4O6P. The molecular weight excluding hydrogens is 423 g/mol. The van der Waals surface area contributed by atoms with Crippen molar-refractivity contribution in [1.82, 2.24) is 14.7 Å². The van der Waals surface area contributed by atoms with Gasteiger partial charge in [-0.2, -0.15) is 0 Å².